The SMILES string of the molecule is Oc1cccc(F)c1-c1nc2ccc(Cl)cc2[nH]1. The van der Waals surface area contributed by atoms with Crippen LogP contribution in [0.5, 0.6) is 5.75 Å². The average molecular weight is 263 g/mol. The van der Waals surface area contributed by atoms with Crippen molar-refractivity contribution < 1.29 is 9.50 Å². The first kappa shape index (κ1) is 11.0. The average Bonchev–Trinajstić information content (AvgIpc) is 2.71. The zero-order valence-corrected chi connectivity index (χ0v) is 9.87. The van der Waals surface area contributed by atoms with Crippen molar-refractivity contribution in [1.82, 2.24) is 9.97 Å². The molecule has 0 atom stereocenters. The summed E-state index contributed by atoms with van der Waals surface area (Å²) >= 11 is 5.87. The van der Waals surface area contributed by atoms with Gasteiger partial charge in [-0.2, -0.15) is 0 Å². The maximum atomic E-state index is 13.7. The predicted octanol–water partition coefficient (Wildman–Crippen LogP) is 3.73. The number of benzene rings is 2. The van der Waals surface area contributed by atoms with Crippen molar-refractivity contribution in [1.29, 1.82) is 0 Å². The molecule has 0 aliphatic heterocycles. The number of rotatable bonds is 1. The van der Waals surface area contributed by atoms with Crippen LogP contribution in [0.3, 0.4) is 0 Å². The molecule has 0 aliphatic rings. The Kier molecular flexibility index (Phi) is 2.45. The normalized spacial score (nSPS) is 11.0. The number of H-pyrrole nitrogens is 1. The molecule has 0 spiro atoms. The monoisotopic (exact) mass is 262 g/mol. The van der Waals surface area contributed by atoms with Crippen molar-refractivity contribution in [2.75, 3.05) is 0 Å². The smallest absolute Gasteiger partial charge is 0.145 e. The highest BCUT2D eigenvalue weighted by atomic mass is 35.5. The Bertz CT molecular complexity index is 719. The van der Waals surface area contributed by atoms with Crippen molar-refractivity contribution in [2.45, 2.75) is 0 Å². The summed E-state index contributed by atoms with van der Waals surface area (Å²) in [4.78, 5) is 7.17. The number of aromatic nitrogens is 2. The molecular weight excluding hydrogens is 255 g/mol. The fourth-order valence-corrected chi connectivity index (χ4v) is 2.02. The zero-order chi connectivity index (χ0) is 12.7. The number of halogens is 2. The third-order valence-electron chi connectivity index (χ3n) is 2.67. The van der Waals surface area contributed by atoms with Crippen LogP contribution in [0.4, 0.5) is 4.39 Å². The van der Waals surface area contributed by atoms with Gasteiger partial charge in [0.1, 0.15) is 17.4 Å². The van der Waals surface area contributed by atoms with Crippen molar-refractivity contribution in [3.8, 4) is 17.1 Å². The minimum atomic E-state index is -0.528. The van der Waals surface area contributed by atoms with Gasteiger partial charge in [-0.1, -0.05) is 17.7 Å². The van der Waals surface area contributed by atoms with Crippen molar-refractivity contribution in [3.63, 3.8) is 0 Å². The maximum Gasteiger partial charge on any atom is 0.145 e. The minimum absolute atomic E-state index is 0.0600. The van der Waals surface area contributed by atoms with E-state index in [9.17, 15) is 9.50 Å². The van der Waals surface area contributed by atoms with E-state index in [-0.39, 0.29) is 17.1 Å². The number of phenolic OH excluding ortho intramolecular Hbond substituents is 1. The van der Waals surface area contributed by atoms with Gasteiger partial charge in [0, 0.05) is 5.02 Å². The Balaban J connectivity index is 2.26. The standard InChI is InChI=1S/C13H8ClFN2O/c14-7-4-5-9-10(6-7)17-13(16-9)12-8(15)2-1-3-11(12)18/h1-6,18H,(H,16,17). The number of hydrogen-bond acceptors (Lipinski definition) is 2. The van der Waals surface area contributed by atoms with E-state index >= 15 is 0 Å². The van der Waals surface area contributed by atoms with Gasteiger partial charge < -0.3 is 10.1 Å². The van der Waals surface area contributed by atoms with Gasteiger partial charge in [-0.15, -0.1) is 0 Å². The fraction of sp³-hybridized carbons (Fsp3) is 0. The van der Waals surface area contributed by atoms with Gasteiger partial charge in [-0.3, -0.25) is 0 Å². The Morgan fingerprint density at radius 1 is 1.22 bits per heavy atom. The number of aromatic amines is 1. The molecule has 2 aromatic carbocycles. The summed E-state index contributed by atoms with van der Waals surface area (Å²) in [6.07, 6.45) is 0. The van der Waals surface area contributed by atoms with E-state index in [1.807, 2.05) is 0 Å². The van der Waals surface area contributed by atoms with Crippen LogP contribution < -0.4 is 0 Å². The molecule has 0 saturated carbocycles. The van der Waals surface area contributed by atoms with Crippen LogP contribution in [0.15, 0.2) is 36.4 Å². The van der Waals surface area contributed by atoms with Crippen LogP contribution >= 0.6 is 11.6 Å². The molecule has 2 N–H and O–H groups in total. The van der Waals surface area contributed by atoms with Gasteiger partial charge in [0.2, 0.25) is 0 Å². The summed E-state index contributed by atoms with van der Waals surface area (Å²) < 4.78 is 13.7. The van der Waals surface area contributed by atoms with E-state index in [1.165, 1.54) is 18.2 Å². The highest BCUT2D eigenvalue weighted by Gasteiger charge is 2.14. The van der Waals surface area contributed by atoms with Gasteiger partial charge in [0.15, 0.2) is 0 Å². The van der Waals surface area contributed by atoms with Crippen molar-refractivity contribution >= 4 is 22.6 Å². The van der Waals surface area contributed by atoms with Gasteiger partial charge in [-0.25, -0.2) is 9.37 Å². The molecular formula is C13H8ClFN2O. The molecule has 0 bridgehead atoms. The van der Waals surface area contributed by atoms with E-state index in [2.05, 4.69) is 9.97 Å². The highest BCUT2D eigenvalue weighted by Crippen LogP contribution is 2.31. The van der Waals surface area contributed by atoms with Crippen LogP contribution in [0.2, 0.25) is 5.02 Å². The van der Waals surface area contributed by atoms with Crippen molar-refractivity contribution in [2.24, 2.45) is 0 Å². The summed E-state index contributed by atoms with van der Waals surface area (Å²) in [5, 5.41) is 10.3. The number of nitrogens with zero attached hydrogens (tertiary/aromatic N) is 1. The molecule has 0 saturated heterocycles. The molecule has 5 heteroatoms. The van der Waals surface area contributed by atoms with E-state index in [0.717, 1.165) is 0 Å². The van der Waals surface area contributed by atoms with Crippen molar-refractivity contribution in [3.05, 3.63) is 47.2 Å². The number of phenols is 1. The predicted molar refractivity (Wildman–Crippen MR) is 68.2 cm³/mol. The lowest BCUT2D eigenvalue weighted by atomic mass is 10.2. The molecule has 90 valence electrons. The first-order valence-corrected chi connectivity index (χ1v) is 5.66. The zero-order valence-electron chi connectivity index (χ0n) is 9.11. The van der Waals surface area contributed by atoms with Crippen LogP contribution in [0.25, 0.3) is 22.4 Å². The summed E-state index contributed by atoms with van der Waals surface area (Å²) in [5.74, 6) is -0.400. The van der Waals surface area contributed by atoms with Gasteiger partial charge in [-0.05, 0) is 30.3 Å². The molecule has 0 fully saturated rings. The summed E-state index contributed by atoms with van der Waals surface area (Å²) in [6, 6.07) is 9.26. The van der Waals surface area contributed by atoms with Gasteiger partial charge in [0.05, 0.1) is 16.6 Å². The quantitative estimate of drug-likeness (QED) is 0.702. The highest BCUT2D eigenvalue weighted by molar-refractivity contribution is 6.31. The van der Waals surface area contributed by atoms with E-state index in [4.69, 9.17) is 11.6 Å². The molecule has 3 aromatic rings. The Hall–Kier alpha value is -2.07. The molecule has 1 heterocycles. The first-order chi connectivity index (χ1) is 8.65. The molecule has 0 unspecified atom stereocenters. The second-order valence-electron chi connectivity index (χ2n) is 3.88. The van der Waals surface area contributed by atoms with E-state index in [0.29, 0.717) is 16.1 Å². The molecule has 3 rings (SSSR count). The van der Waals surface area contributed by atoms with E-state index < -0.39 is 5.82 Å². The van der Waals surface area contributed by atoms with E-state index in [1.54, 1.807) is 18.2 Å². The molecule has 0 radical (unpaired) electrons. The Morgan fingerprint density at radius 3 is 2.83 bits per heavy atom. The summed E-state index contributed by atoms with van der Waals surface area (Å²) in [7, 11) is 0. The Morgan fingerprint density at radius 2 is 2.06 bits per heavy atom. The number of hydrogen-bond donors (Lipinski definition) is 2. The van der Waals surface area contributed by atoms with Crippen LogP contribution in [-0.4, -0.2) is 15.1 Å². The van der Waals surface area contributed by atoms with Gasteiger partial charge in [0.25, 0.3) is 0 Å². The maximum absolute atomic E-state index is 13.7. The minimum Gasteiger partial charge on any atom is -0.507 e. The summed E-state index contributed by atoms with van der Waals surface area (Å²) in [6.45, 7) is 0. The fourth-order valence-electron chi connectivity index (χ4n) is 1.85. The largest absolute Gasteiger partial charge is 0.507 e. The van der Waals surface area contributed by atoms with Crippen LogP contribution in [0, 0.1) is 5.82 Å². The Labute approximate surface area is 107 Å². The van der Waals surface area contributed by atoms with Gasteiger partial charge >= 0.3 is 0 Å². The third kappa shape index (κ3) is 1.71. The topological polar surface area (TPSA) is 48.9 Å². The molecule has 18 heavy (non-hydrogen) atoms. The van der Waals surface area contributed by atoms with Crippen LogP contribution in [0.1, 0.15) is 0 Å². The first-order valence-electron chi connectivity index (χ1n) is 5.28. The molecule has 0 amide bonds. The third-order valence-corrected chi connectivity index (χ3v) is 2.91. The lowest BCUT2D eigenvalue weighted by Crippen LogP contribution is -1.86. The molecule has 3 nitrogen and oxygen atoms in total. The molecule has 0 aliphatic carbocycles. The number of aromatic hydroxyl groups is 1. The lowest BCUT2D eigenvalue weighted by Gasteiger charge is -2.01. The molecule has 1 aromatic heterocycles. The number of nitrogens with one attached hydrogen (secondary N) is 1. The lowest BCUT2D eigenvalue weighted by molar-refractivity contribution is 0.471. The second kappa shape index (κ2) is 3.99. The second-order valence-corrected chi connectivity index (χ2v) is 4.32. The van der Waals surface area contributed by atoms with Crippen LogP contribution in [-0.2, 0) is 0 Å². The summed E-state index contributed by atoms with van der Waals surface area (Å²) in [5.41, 5.74) is 1.42. The number of fused-ring (bicyclic) bond motifs is 1. The number of imidazole rings is 1.